The fourth-order valence-corrected chi connectivity index (χ4v) is 2.21. The number of likely N-dealkylation sites (tertiary alicyclic amines) is 1. The number of nitrogens with zero attached hydrogens (tertiary/aromatic N) is 1. The number of hydrogen-bond acceptors (Lipinski definition) is 3. The van der Waals surface area contributed by atoms with Crippen LogP contribution in [0.3, 0.4) is 0 Å². The second kappa shape index (κ2) is 4.42. The summed E-state index contributed by atoms with van der Waals surface area (Å²) in [6, 6.07) is 0. The van der Waals surface area contributed by atoms with Gasteiger partial charge in [-0.2, -0.15) is 12.6 Å². The minimum Gasteiger partial charge on any atom is -0.389 e. The zero-order chi connectivity index (χ0) is 10.8. The highest BCUT2D eigenvalue weighted by Crippen LogP contribution is 2.25. The lowest BCUT2D eigenvalue weighted by Gasteiger charge is -2.40. The second-order valence-corrected chi connectivity index (χ2v) is 5.95. The Morgan fingerprint density at radius 3 is 2.64 bits per heavy atom. The first-order valence-corrected chi connectivity index (χ1v) is 6.04. The van der Waals surface area contributed by atoms with Gasteiger partial charge in [0.1, 0.15) is 0 Å². The Bertz CT molecular complexity index is 192. The number of rotatable bonds is 3. The van der Waals surface area contributed by atoms with Gasteiger partial charge in [-0.15, -0.1) is 0 Å². The van der Waals surface area contributed by atoms with Gasteiger partial charge in [0.25, 0.3) is 0 Å². The second-order valence-electron chi connectivity index (χ2n) is 5.63. The van der Waals surface area contributed by atoms with E-state index in [1.807, 2.05) is 6.92 Å². The van der Waals surface area contributed by atoms with E-state index in [2.05, 4.69) is 31.4 Å². The molecule has 1 saturated heterocycles. The van der Waals surface area contributed by atoms with Crippen LogP contribution in [0.2, 0.25) is 0 Å². The maximum absolute atomic E-state index is 9.95. The number of hydrogen-bond donors (Lipinski definition) is 2. The van der Waals surface area contributed by atoms with E-state index >= 15 is 0 Å². The lowest BCUT2D eigenvalue weighted by molar-refractivity contribution is -0.0237. The molecule has 0 aromatic heterocycles. The van der Waals surface area contributed by atoms with E-state index in [1.165, 1.54) is 0 Å². The predicted octanol–water partition coefficient (Wildman–Crippen LogP) is 1.79. The summed E-state index contributed by atoms with van der Waals surface area (Å²) >= 11 is 4.35. The minimum absolute atomic E-state index is 0.247. The fraction of sp³-hybridized carbons (Fsp3) is 1.00. The van der Waals surface area contributed by atoms with Crippen LogP contribution in [0.5, 0.6) is 0 Å². The molecule has 1 atom stereocenters. The van der Waals surface area contributed by atoms with Gasteiger partial charge >= 0.3 is 0 Å². The summed E-state index contributed by atoms with van der Waals surface area (Å²) in [6.07, 6.45) is 2.04. The zero-order valence-electron chi connectivity index (χ0n) is 9.58. The Morgan fingerprint density at radius 1 is 1.50 bits per heavy atom. The van der Waals surface area contributed by atoms with Crippen LogP contribution in [0.15, 0.2) is 0 Å². The molecule has 0 aliphatic carbocycles. The van der Waals surface area contributed by atoms with Crippen LogP contribution in [-0.4, -0.2) is 41.0 Å². The summed E-state index contributed by atoms with van der Waals surface area (Å²) in [7, 11) is 0. The first-order chi connectivity index (χ1) is 6.35. The molecule has 2 nitrogen and oxygen atoms in total. The molecule has 0 aromatic rings. The molecule has 1 fully saturated rings. The van der Waals surface area contributed by atoms with Gasteiger partial charge in [-0.3, -0.25) is 4.90 Å². The van der Waals surface area contributed by atoms with E-state index < -0.39 is 5.60 Å². The summed E-state index contributed by atoms with van der Waals surface area (Å²) in [6.45, 7) is 9.35. The summed E-state index contributed by atoms with van der Waals surface area (Å²) in [5.74, 6) is 0.894. The molecule has 14 heavy (non-hydrogen) atoms. The first kappa shape index (κ1) is 12.3. The summed E-state index contributed by atoms with van der Waals surface area (Å²) in [4.78, 5) is 2.36. The van der Waals surface area contributed by atoms with Crippen molar-refractivity contribution in [3.05, 3.63) is 0 Å². The molecule has 0 aromatic carbocycles. The van der Waals surface area contributed by atoms with Crippen LogP contribution in [0.4, 0.5) is 0 Å². The van der Waals surface area contributed by atoms with Gasteiger partial charge in [0.15, 0.2) is 0 Å². The van der Waals surface area contributed by atoms with Gasteiger partial charge in [-0.05, 0) is 37.5 Å². The largest absolute Gasteiger partial charge is 0.389 e. The molecule has 3 heteroatoms. The standard InChI is InChI=1S/C11H23NOS/c1-10(2,9-14)7-12-6-4-5-11(3,13)8-12/h13-14H,4-9H2,1-3H3. The van der Waals surface area contributed by atoms with Crippen LogP contribution in [0.1, 0.15) is 33.6 Å². The van der Waals surface area contributed by atoms with Gasteiger partial charge < -0.3 is 5.11 Å². The van der Waals surface area contributed by atoms with E-state index in [0.29, 0.717) is 0 Å². The Hall–Kier alpha value is 0.270. The molecule has 0 saturated carbocycles. The highest BCUT2D eigenvalue weighted by molar-refractivity contribution is 7.80. The lowest BCUT2D eigenvalue weighted by atomic mass is 9.90. The Balaban J connectivity index is 2.46. The maximum atomic E-state index is 9.95. The van der Waals surface area contributed by atoms with Gasteiger partial charge in [-0.1, -0.05) is 13.8 Å². The van der Waals surface area contributed by atoms with Crippen LogP contribution < -0.4 is 0 Å². The Morgan fingerprint density at radius 2 is 2.14 bits per heavy atom. The number of thiol groups is 1. The summed E-state index contributed by atoms with van der Waals surface area (Å²) in [5.41, 5.74) is -0.235. The van der Waals surface area contributed by atoms with Crippen molar-refractivity contribution >= 4 is 12.6 Å². The molecule has 0 radical (unpaired) electrons. The normalized spacial score (nSPS) is 30.6. The van der Waals surface area contributed by atoms with Crippen LogP contribution in [0, 0.1) is 5.41 Å². The highest BCUT2D eigenvalue weighted by atomic mass is 32.1. The van der Waals surface area contributed by atoms with Crippen molar-refractivity contribution in [2.45, 2.75) is 39.2 Å². The van der Waals surface area contributed by atoms with Gasteiger partial charge in [-0.25, -0.2) is 0 Å². The fourth-order valence-electron chi connectivity index (χ4n) is 2.11. The van der Waals surface area contributed by atoms with Crippen molar-refractivity contribution in [2.75, 3.05) is 25.4 Å². The molecule has 0 spiro atoms. The van der Waals surface area contributed by atoms with E-state index in [1.54, 1.807) is 0 Å². The Labute approximate surface area is 93.1 Å². The van der Waals surface area contributed by atoms with Gasteiger partial charge in [0.05, 0.1) is 5.60 Å². The average molecular weight is 217 g/mol. The SMILES string of the molecule is CC(C)(CS)CN1CCCC(C)(O)C1. The smallest absolute Gasteiger partial charge is 0.0746 e. The van der Waals surface area contributed by atoms with Crippen LogP contribution in [0.25, 0.3) is 0 Å². The van der Waals surface area contributed by atoms with Crippen molar-refractivity contribution in [2.24, 2.45) is 5.41 Å². The minimum atomic E-state index is -0.481. The van der Waals surface area contributed by atoms with Gasteiger partial charge in [0, 0.05) is 13.1 Å². The van der Waals surface area contributed by atoms with E-state index in [0.717, 1.165) is 38.2 Å². The van der Waals surface area contributed by atoms with E-state index in [4.69, 9.17) is 0 Å². The number of piperidine rings is 1. The third-order valence-corrected chi connectivity index (χ3v) is 3.69. The van der Waals surface area contributed by atoms with Crippen molar-refractivity contribution in [3.63, 3.8) is 0 Å². The van der Waals surface area contributed by atoms with Crippen molar-refractivity contribution in [1.29, 1.82) is 0 Å². The topological polar surface area (TPSA) is 23.5 Å². The van der Waals surface area contributed by atoms with Crippen molar-refractivity contribution in [3.8, 4) is 0 Å². The average Bonchev–Trinajstić information content (AvgIpc) is 2.01. The van der Waals surface area contributed by atoms with E-state index in [9.17, 15) is 5.11 Å². The number of aliphatic hydroxyl groups is 1. The van der Waals surface area contributed by atoms with Gasteiger partial charge in [0.2, 0.25) is 0 Å². The molecule has 84 valence electrons. The molecule has 1 heterocycles. The summed E-state index contributed by atoms with van der Waals surface area (Å²) < 4.78 is 0. The molecular weight excluding hydrogens is 194 g/mol. The molecule has 1 rings (SSSR count). The Kier molecular flexibility index (Phi) is 3.89. The molecule has 1 unspecified atom stereocenters. The van der Waals surface area contributed by atoms with Crippen LogP contribution in [-0.2, 0) is 0 Å². The van der Waals surface area contributed by atoms with Crippen molar-refractivity contribution < 1.29 is 5.11 Å². The highest BCUT2D eigenvalue weighted by Gasteiger charge is 2.30. The molecule has 1 aliphatic rings. The van der Waals surface area contributed by atoms with Crippen molar-refractivity contribution in [1.82, 2.24) is 4.90 Å². The first-order valence-electron chi connectivity index (χ1n) is 5.40. The lowest BCUT2D eigenvalue weighted by Crippen LogP contribution is -2.49. The monoisotopic (exact) mass is 217 g/mol. The summed E-state index contributed by atoms with van der Waals surface area (Å²) in [5, 5.41) is 9.95. The van der Waals surface area contributed by atoms with Crippen LogP contribution >= 0.6 is 12.6 Å². The van der Waals surface area contributed by atoms with E-state index in [-0.39, 0.29) is 5.41 Å². The maximum Gasteiger partial charge on any atom is 0.0746 e. The third-order valence-electron chi connectivity index (χ3n) is 2.83. The molecular formula is C11H23NOS. The molecule has 1 N–H and O–H groups in total. The number of β-amino-alcohol motifs (C(OH)–C–C–N with tert-alkyl or cyclic N) is 1. The quantitative estimate of drug-likeness (QED) is 0.704. The predicted molar refractivity (Wildman–Crippen MR) is 63.9 cm³/mol. The molecule has 0 bridgehead atoms. The molecule has 0 amide bonds. The molecule has 1 aliphatic heterocycles. The third kappa shape index (κ3) is 3.79. The zero-order valence-corrected chi connectivity index (χ0v) is 10.5.